The Hall–Kier alpha value is -0.380. The third-order valence-corrected chi connectivity index (χ3v) is 3.37. The summed E-state index contributed by atoms with van der Waals surface area (Å²) in [7, 11) is 0. The number of halogens is 1. The molecule has 0 spiro atoms. The highest BCUT2D eigenvalue weighted by Crippen LogP contribution is 2.23. The molecule has 1 fully saturated rings. The first-order valence-corrected chi connectivity index (χ1v) is 6.18. The summed E-state index contributed by atoms with van der Waals surface area (Å²) in [5, 5.41) is 0. The van der Waals surface area contributed by atoms with Crippen LogP contribution in [0.3, 0.4) is 0 Å². The second-order valence-electron chi connectivity index (χ2n) is 3.80. The van der Waals surface area contributed by atoms with Crippen molar-refractivity contribution in [2.45, 2.75) is 13.0 Å². The molecule has 0 N–H and O–H groups in total. The number of nitrogens with zero attached hydrogens (tertiary/aromatic N) is 1. The molecule has 1 aromatic rings. The highest BCUT2D eigenvalue weighted by molar-refractivity contribution is 9.10. The van der Waals surface area contributed by atoms with E-state index in [-0.39, 0.29) is 6.10 Å². The molecular formula is C12H16BrNO. The highest BCUT2D eigenvalue weighted by atomic mass is 79.9. The smallest absolute Gasteiger partial charge is 0.0952 e. The molecule has 1 heterocycles. The number of morpholine rings is 1. The van der Waals surface area contributed by atoms with Crippen LogP contribution >= 0.6 is 15.9 Å². The van der Waals surface area contributed by atoms with Crippen molar-refractivity contribution in [3.05, 3.63) is 34.3 Å². The van der Waals surface area contributed by atoms with Crippen molar-refractivity contribution >= 4 is 15.9 Å². The van der Waals surface area contributed by atoms with Crippen molar-refractivity contribution in [3.8, 4) is 0 Å². The summed E-state index contributed by atoms with van der Waals surface area (Å²) in [5.41, 5.74) is 1.27. The van der Waals surface area contributed by atoms with E-state index in [1.165, 1.54) is 5.56 Å². The molecule has 2 rings (SSSR count). The Morgan fingerprint density at radius 3 is 2.80 bits per heavy atom. The van der Waals surface area contributed by atoms with Crippen LogP contribution in [0.2, 0.25) is 0 Å². The third-order valence-electron chi connectivity index (χ3n) is 2.84. The predicted octanol–water partition coefficient (Wildman–Crippen LogP) is 2.84. The first kappa shape index (κ1) is 11.1. The molecule has 0 amide bonds. The Morgan fingerprint density at radius 1 is 1.40 bits per heavy atom. The minimum absolute atomic E-state index is 0.242. The summed E-state index contributed by atoms with van der Waals surface area (Å²) in [6.07, 6.45) is 0.242. The van der Waals surface area contributed by atoms with Gasteiger partial charge in [0.05, 0.1) is 12.7 Å². The highest BCUT2D eigenvalue weighted by Gasteiger charge is 2.20. The van der Waals surface area contributed by atoms with Crippen molar-refractivity contribution < 1.29 is 4.74 Å². The summed E-state index contributed by atoms with van der Waals surface area (Å²) < 4.78 is 6.90. The van der Waals surface area contributed by atoms with E-state index in [9.17, 15) is 0 Å². The molecule has 1 atom stereocenters. The lowest BCUT2D eigenvalue weighted by atomic mass is 10.1. The van der Waals surface area contributed by atoms with Crippen LogP contribution in [-0.2, 0) is 4.74 Å². The van der Waals surface area contributed by atoms with Crippen LogP contribution in [0.15, 0.2) is 28.7 Å². The number of benzene rings is 1. The second kappa shape index (κ2) is 5.10. The molecule has 1 aliphatic rings. The summed E-state index contributed by atoms with van der Waals surface area (Å²) in [5.74, 6) is 0. The monoisotopic (exact) mass is 269 g/mol. The topological polar surface area (TPSA) is 12.5 Å². The Balaban J connectivity index is 2.06. The molecule has 1 aliphatic heterocycles. The normalized spacial score (nSPS) is 22.9. The SMILES string of the molecule is CCN1CCO[C@H](c2ccc(Br)cc2)C1. The van der Waals surface area contributed by atoms with Crippen LogP contribution in [0.4, 0.5) is 0 Å². The zero-order chi connectivity index (χ0) is 10.7. The van der Waals surface area contributed by atoms with Gasteiger partial charge in [-0.3, -0.25) is 4.90 Å². The molecule has 0 unspecified atom stereocenters. The van der Waals surface area contributed by atoms with Gasteiger partial charge < -0.3 is 4.74 Å². The van der Waals surface area contributed by atoms with E-state index in [1.54, 1.807) is 0 Å². The van der Waals surface area contributed by atoms with Crippen molar-refractivity contribution in [1.29, 1.82) is 0 Å². The van der Waals surface area contributed by atoms with Gasteiger partial charge in [0.25, 0.3) is 0 Å². The average molecular weight is 270 g/mol. The number of hydrogen-bond acceptors (Lipinski definition) is 2. The Labute approximate surface area is 99.4 Å². The van der Waals surface area contributed by atoms with Crippen molar-refractivity contribution in [2.75, 3.05) is 26.2 Å². The lowest BCUT2D eigenvalue weighted by Gasteiger charge is -2.32. The van der Waals surface area contributed by atoms with Crippen LogP contribution in [0.25, 0.3) is 0 Å². The van der Waals surface area contributed by atoms with Crippen LogP contribution in [0.1, 0.15) is 18.6 Å². The maximum Gasteiger partial charge on any atom is 0.0952 e. The molecule has 0 aliphatic carbocycles. The number of ether oxygens (including phenoxy) is 1. The largest absolute Gasteiger partial charge is 0.371 e. The standard InChI is InChI=1S/C12H16BrNO/c1-2-14-7-8-15-12(9-14)10-3-5-11(13)6-4-10/h3-6,12H,2,7-9H2,1H3/t12-/m0/s1. The maximum absolute atomic E-state index is 5.78. The van der Waals surface area contributed by atoms with Gasteiger partial charge in [0.1, 0.15) is 0 Å². The molecule has 82 valence electrons. The minimum Gasteiger partial charge on any atom is -0.371 e. The maximum atomic E-state index is 5.78. The van der Waals surface area contributed by atoms with Gasteiger partial charge in [-0.1, -0.05) is 35.0 Å². The van der Waals surface area contributed by atoms with Gasteiger partial charge in [0.2, 0.25) is 0 Å². The van der Waals surface area contributed by atoms with Crippen molar-refractivity contribution in [3.63, 3.8) is 0 Å². The molecular weight excluding hydrogens is 254 g/mol. The summed E-state index contributed by atoms with van der Waals surface area (Å²) in [6.45, 7) is 6.22. The zero-order valence-electron chi connectivity index (χ0n) is 8.95. The number of rotatable bonds is 2. The van der Waals surface area contributed by atoms with Gasteiger partial charge in [-0.05, 0) is 24.2 Å². The number of likely N-dealkylation sites (N-methyl/N-ethyl adjacent to an activating group) is 1. The summed E-state index contributed by atoms with van der Waals surface area (Å²) in [6, 6.07) is 8.41. The van der Waals surface area contributed by atoms with Crippen molar-refractivity contribution in [2.24, 2.45) is 0 Å². The van der Waals surface area contributed by atoms with E-state index >= 15 is 0 Å². The Morgan fingerprint density at radius 2 is 2.13 bits per heavy atom. The molecule has 1 saturated heterocycles. The van der Waals surface area contributed by atoms with Gasteiger partial charge in [0.15, 0.2) is 0 Å². The van der Waals surface area contributed by atoms with E-state index < -0.39 is 0 Å². The molecule has 0 aromatic heterocycles. The van der Waals surface area contributed by atoms with Gasteiger partial charge in [-0.2, -0.15) is 0 Å². The molecule has 1 aromatic carbocycles. The van der Waals surface area contributed by atoms with Gasteiger partial charge in [-0.25, -0.2) is 0 Å². The predicted molar refractivity (Wildman–Crippen MR) is 64.9 cm³/mol. The van der Waals surface area contributed by atoms with E-state index in [0.717, 1.165) is 30.7 Å². The molecule has 0 saturated carbocycles. The minimum atomic E-state index is 0.242. The van der Waals surface area contributed by atoms with Crippen LogP contribution in [0.5, 0.6) is 0 Å². The van der Waals surface area contributed by atoms with Crippen molar-refractivity contribution in [1.82, 2.24) is 4.90 Å². The third kappa shape index (κ3) is 2.80. The first-order chi connectivity index (χ1) is 7.29. The van der Waals surface area contributed by atoms with Gasteiger partial charge in [0, 0.05) is 17.6 Å². The summed E-state index contributed by atoms with van der Waals surface area (Å²) >= 11 is 3.44. The van der Waals surface area contributed by atoms with Gasteiger partial charge >= 0.3 is 0 Å². The first-order valence-electron chi connectivity index (χ1n) is 5.39. The van der Waals surface area contributed by atoms with E-state index in [4.69, 9.17) is 4.74 Å². The van der Waals surface area contributed by atoms with E-state index in [2.05, 4.69) is 52.0 Å². The molecule has 0 radical (unpaired) electrons. The number of hydrogen-bond donors (Lipinski definition) is 0. The van der Waals surface area contributed by atoms with E-state index in [1.807, 2.05) is 0 Å². The fourth-order valence-corrected chi connectivity index (χ4v) is 2.13. The summed E-state index contributed by atoms with van der Waals surface area (Å²) in [4.78, 5) is 2.43. The second-order valence-corrected chi connectivity index (χ2v) is 4.72. The fraction of sp³-hybridized carbons (Fsp3) is 0.500. The fourth-order valence-electron chi connectivity index (χ4n) is 1.87. The molecule has 2 nitrogen and oxygen atoms in total. The lowest BCUT2D eigenvalue weighted by Crippen LogP contribution is -2.37. The van der Waals surface area contributed by atoms with E-state index in [0.29, 0.717) is 0 Å². The lowest BCUT2D eigenvalue weighted by molar-refractivity contribution is -0.0281. The van der Waals surface area contributed by atoms with Crippen LogP contribution < -0.4 is 0 Å². The van der Waals surface area contributed by atoms with Crippen LogP contribution in [0, 0.1) is 0 Å². The van der Waals surface area contributed by atoms with Gasteiger partial charge in [-0.15, -0.1) is 0 Å². The Bertz CT molecular complexity index is 312. The quantitative estimate of drug-likeness (QED) is 0.819. The zero-order valence-corrected chi connectivity index (χ0v) is 10.5. The Kier molecular flexibility index (Phi) is 3.78. The van der Waals surface area contributed by atoms with Crippen LogP contribution in [-0.4, -0.2) is 31.1 Å². The molecule has 0 bridgehead atoms. The average Bonchev–Trinajstić information content (AvgIpc) is 2.30. The molecule has 15 heavy (non-hydrogen) atoms. The molecule has 3 heteroatoms.